The molecule has 3 aromatic rings. The van der Waals surface area contributed by atoms with Gasteiger partial charge in [-0.05, 0) is 24.2 Å². The fourth-order valence-electron chi connectivity index (χ4n) is 3.40. The van der Waals surface area contributed by atoms with E-state index in [1.165, 1.54) is 22.2 Å². The summed E-state index contributed by atoms with van der Waals surface area (Å²) in [6, 6.07) is 7.72. The van der Waals surface area contributed by atoms with Gasteiger partial charge >= 0.3 is 0 Å². The number of amides is 1. The summed E-state index contributed by atoms with van der Waals surface area (Å²) in [4.78, 5) is 38.6. The van der Waals surface area contributed by atoms with Crippen molar-refractivity contribution in [1.82, 2.24) is 24.8 Å². The first-order valence-electron chi connectivity index (χ1n) is 9.88. The van der Waals surface area contributed by atoms with Gasteiger partial charge in [0.25, 0.3) is 5.56 Å². The van der Waals surface area contributed by atoms with E-state index >= 15 is 0 Å². The van der Waals surface area contributed by atoms with E-state index in [1.807, 2.05) is 24.3 Å². The van der Waals surface area contributed by atoms with Crippen molar-refractivity contribution in [3.05, 3.63) is 51.0 Å². The van der Waals surface area contributed by atoms with Crippen LogP contribution in [0.15, 0.2) is 39.9 Å². The van der Waals surface area contributed by atoms with Gasteiger partial charge in [0.05, 0.1) is 0 Å². The Bertz CT molecular complexity index is 1110. The molecule has 4 rings (SSSR count). The van der Waals surface area contributed by atoms with E-state index < -0.39 is 0 Å². The molecular formula is C20H23BrN6O2S. The van der Waals surface area contributed by atoms with Gasteiger partial charge in [0.2, 0.25) is 5.91 Å². The van der Waals surface area contributed by atoms with Crippen LogP contribution in [0.1, 0.15) is 12.5 Å². The first-order chi connectivity index (χ1) is 14.5. The van der Waals surface area contributed by atoms with Gasteiger partial charge in [-0.15, -0.1) is 0 Å². The van der Waals surface area contributed by atoms with Crippen LogP contribution in [0.25, 0.3) is 10.3 Å². The number of fused-ring (bicyclic) bond motifs is 1. The van der Waals surface area contributed by atoms with Gasteiger partial charge in [-0.2, -0.15) is 4.98 Å². The fraction of sp³-hybridized carbons (Fsp3) is 0.400. The lowest BCUT2D eigenvalue weighted by molar-refractivity contribution is -0.121. The lowest BCUT2D eigenvalue weighted by Gasteiger charge is -2.33. The SMILES string of the molecule is CCN1CCN(c2nc3ncn(CC(=O)NCc4cccc(Br)c4)c(=O)c3s2)CC1. The molecule has 3 heterocycles. The van der Waals surface area contributed by atoms with E-state index in [1.54, 1.807) is 0 Å². The summed E-state index contributed by atoms with van der Waals surface area (Å²) in [6.07, 6.45) is 1.40. The van der Waals surface area contributed by atoms with Gasteiger partial charge in [0.1, 0.15) is 17.6 Å². The Balaban J connectivity index is 1.44. The van der Waals surface area contributed by atoms with Gasteiger partial charge < -0.3 is 15.1 Å². The molecule has 1 aliphatic heterocycles. The van der Waals surface area contributed by atoms with E-state index in [9.17, 15) is 9.59 Å². The maximum Gasteiger partial charge on any atom is 0.273 e. The second kappa shape index (κ2) is 9.23. The molecule has 2 aromatic heterocycles. The fourth-order valence-corrected chi connectivity index (χ4v) is 4.86. The number of thiazole rings is 1. The zero-order valence-corrected chi connectivity index (χ0v) is 19.1. The average Bonchev–Trinajstić information content (AvgIpc) is 3.20. The highest BCUT2D eigenvalue weighted by Gasteiger charge is 2.20. The number of carbonyl (C=O) groups is 1. The third kappa shape index (κ3) is 4.71. The minimum atomic E-state index is -0.237. The normalized spacial score (nSPS) is 14.9. The van der Waals surface area contributed by atoms with E-state index in [0.29, 0.717) is 16.9 Å². The van der Waals surface area contributed by atoms with Crippen LogP contribution in [-0.4, -0.2) is 58.1 Å². The molecule has 30 heavy (non-hydrogen) atoms. The molecule has 158 valence electrons. The van der Waals surface area contributed by atoms with Gasteiger partial charge in [-0.3, -0.25) is 14.2 Å². The highest BCUT2D eigenvalue weighted by Crippen LogP contribution is 2.26. The molecule has 0 spiro atoms. The average molecular weight is 491 g/mol. The zero-order chi connectivity index (χ0) is 21.1. The summed E-state index contributed by atoms with van der Waals surface area (Å²) < 4.78 is 2.79. The molecule has 10 heteroatoms. The predicted octanol–water partition coefficient (Wildman–Crippen LogP) is 2.07. The Morgan fingerprint density at radius 2 is 2.07 bits per heavy atom. The third-order valence-electron chi connectivity index (χ3n) is 5.16. The van der Waals surface area contributed by atoms with Crippen molar-refractivity contribution in [1.29, 1.82) is 0 Å². The number of anilines is 1. The van der Waals surface area contributed by atoms with Crippen LogP contribution >= 0.6 is 27.3 Å². The molecule has 0 atom stereocenters. The lowest BCUT2D eigenvalue weighted by atomic mass is 10.2. The number of nitrogens with one attached hydrogen (secondary N) is 1. The number of hydrogen-bond acceptors (Lipinski definition) is 7. The topological polar surface area (TPSA) is 83.4 Å². The first kappa shape index (κ1) is 21.0. The number of benzene rings is 1. The maximum atomic E-state index is 12.9. The molecule has 1 saturated heterocycles. The second-order valence-electron chi connectivity index (χ2n) is 7.15. The Kier molecular flexibility index (Phi) is 6.45. The lowest BCUT2D eigenvalue weighted by Crippen LogP contribution is -2.46. The number of likely N-dealkylation sites (N-methyl/N-ethyl adjacent to an activating group) is 1. The number of hydrogen-bond donors (Lipinski definition) is 1. The zero-order valence-electron chi connectivity index (χ0n) is 16.7. The Morgan fingerprint density at radius 1 is 1.27 bits per heavy atom. The highest BCUT2D eigenvalue weighted by atomic mass is 79.9. The smallest absolute Gasteiger partial charge is 0.273 e. The molecule has 8 nitrogen and oxygen atoms in total. The number of rotatable bonds is 6. The van der Waals surface area contributed by atoms with E-state index in [2.05, 4.69) is 47.9 Å². The summed E-state index contributed by atoms with van der Waals surface area (Å²) in [7, 11) is 0. The second-order valence-corrected chi connectivity index (χ2v) is 9.05. The first-order valence-corrected chi connectivity index (χ1v) is 11.5. The van der Waals surface area contributed by atoms with Crippen LogP contribution in [0.3, 0.4) is 0 Å². The number of piperazine rings is 1. The largest absolute Gasteiger partial charge is 0.350 e. The molecule has 1 aliphatic rings. The van der Waals surface area contributed by atoms with Crippen LogP contribution in [0.2, 0.25) is 0 Å². The molecule has 1 aromatic carbocycles. The molecule has 1 amide bonds. The van der Waals surface area contributed by atoms with Crippen LogP contribution in [0.5, 0.6) is 0 Å². The van der Waals surface area contributed by atoms with Gasteiger partial charge in [-0.1, -0.05) is 46.3 Å². The minimum Gasteiger partial charge on any atom is -0.350 e. The van der Waals surface area contributed by atoms with Crippen LogP contribution < -0.4 is 15.8 Å². The predicted molar refractivity (Wildman–Crippen MR) is 122 cm³/mol. The van der Waals surface area contributed by atoms with Crippen molar-refractivity contribution >= 4 is 48.7 Å². The highest BCUT2D eigenvalue weighted by molar-refractivity contribution is 9.10. The minimum absolute atomic E-state index is 0.0712. The molecule has 0 bridgehead atoms. The standard InChI is InChI=1S/C20H23BrN6O2S/c1-2-25-6-8-26(9-7-25)20-24-18-17(30-20)19(29)27(13-23-18)12-16(28)22-11-14-4-3-5-15(21)10-14/h3-5,10,13H,2,6-9,11-12H2,1H3,(H,22,28). The third-order valence-corrected chi connectivity index (χ3v) is 6.74. The Labute approximate surface area is 186 Å². The van der Waals surface area contributed by atoms with Crippen molar-refractivity contribution in [3.8, 4) is 0 Å². The molecule has 0 saturated carbocycles. The summed E-state index contributed by atoms with van der Waals surface area (Å²) in [5.74, 6) is -0.237. The molecular weight excluding hydrogens is 468 g/mol. The van der Waals surface area contributed by atoms with Crippen molar-refractivity contribution in [2.24, 2.45) is 0 Å². The molecule has 0 radical (unpaired) electrons. The van der Waals surface area contributed by atoms with Crippen molar-refractivity contribution < 1.29 is 4.79 Å². The van der Waals surface area contributed by atoms with Crippen molar-refractivity contribution in [2.45, 2.75) is 20.0 Å². The number of nitrogens with zero attached hydrogens (tertiary/aromatic N) is 5. The molecule has 1 fully saturated rings. The number of aromatic nitrogens is 3. The van der Waals surface area contributed by atoms with Gasteiger partial charge in [0, 0.05) is 37.2 Å². The summed E-state index contributed by atoms with van der Waals surface area (Å²) in [5.41, 5.74) is 1.20. The summed E-state index contributed by atoms with van der Waals surface area (Å²) >= 11 is 4.77. The van der Waals surface area contributed by atoms with E-state index in [0.717, 1.165) is 47.9 Å². The quantitative estimate of drug-likeness (QED) is 0.569. The number of halogens is 1. The van der Waals surface area contributed by atoms with Crippen LogP contribution in [0.4, 0.5) is 5.13 Å². The summed E-state index contributed by atoms with van der Waals surface area (Å²) in [5, 5.41) is 3.67. The molecule has 1 N–H and O–H groups in total. The Morgan fingerprint density at radius 3 is 2.80 bits per heavy atom. The van der Waals surface area contributed by atoms with Gasteiger partial charge in [0.15, 0.2) is 10.8 Å². The van der Waals surface area contributed by atoms with E-state index in [4.69, 9.17) is 0 Å². The van der Waals surface area contributed by atoms with Crippen LogP contribution in [-0.2, 0) is 17.9 Å². The van der Waals surface area contributed by atoms with Crippen LogP contribution in [0, 0.1) is 0 Å². The molecule has 0 aliphatic carbocycles. The van der Waals surface area contributed by atoms with Crippen molar-refractivity contribution in [2.75, 3.05) is 37.6 Å². The van der Waals surface area contributed by atoms with Gasteiger partial charge in [-0.25, -0.2) is 4.98 Å². The summed E-state index contributed by atoms with van der Waals surface area (Å²) in [6.45, 7) is 7.29. The molecule has 0 unspecified atom stereocenters. The monoisotopic (exact) mass is 490 g/mol. The van der Waals surface area contributed by atoms with Crippen molar-refractivity contribution in [3.63, 3.8) is 0 Å². The maximum absolute atomic E-state index is 12.9. The Hall–Kier alpha value is -2.30. The number of carbonyl (C=O) groups excluding carboxylic acids is 1. The van der Waals surface area contributed by atoms with E-state index in [-0.39, 0.29) is 18.0 Å².